The molecule has 0 saturated heterocycles. The van der Waals surface area contributed by atoms with Gasteiger partial charge in [-0.05, 0) is 32.9 Å². The molecule has 1 aromatic rings. The number of pyridine rings is 1. The predicted molar refractivity (Wildman–Crippen MR) is 70.1 cm³/mol. The number of rotatable bonds is 5. The average molecular weight is 246 g/mol. The zero-order chi connectivity index (χ0) is 13.5. The average Bonchev–Trinajstić information content (AvgIpc) is 2.28. The summed E-state index contributed by atoms with van der Waals surface area (Å²) in [7, 11) is 0. The van der Waals surface area contributed by atoms with E-state index in [0.29, 0.717) is 24.3 Å². The molecule has 0 saturated carbocycles. The van der Waals surface area contributed by atoms with Gasteiger partial charge >= 0.3 is 0 Å². The van der Waals surface area contributed by atoms with Crippen LogP contribution in [0.1, 0.15) is 31.5 Å². The largest absolute Gasteiger partial charge is 0.368 e. The normalized spacial score (nSPS) is 9.94. The molecule has 0 unspecified atom stereocenters. The fourth-order valence-corrected chi connectivity index (χ4v) is 1.47. The maximum atomic E-state index is 11.4. The molecule has 0 radical (unpaired) electrons. The summed E-state index contributed by atoms with van der Waals surface area (Å²) in [5, 5.41) is 14.7. The highest BCUT2D eigenvalue weighted by molar-refractivity contribution is 5.76. The molecule has 18 heavy (non-hydrogen) atoms. The first-order valence-corrected chi connectivity index (χ1v) is 5.94. The number of hydrogen-bond acceptors (Lipinski definition) is 4. The number of nitrogens with zero attached hydrogens (tertiary/aromatic N) is 2. The van der Waals surface area contributed by atoms with E-state index in [4.69, 9.17) is 5.26 Å². The van der Waals surface area contributed by atoms with E-state index in [2.05, 4.69) is 21.7 Å². The van der Waals surface area contributed by atoms with E-state index in [1.165, 1.54) is 0 Å². The zero-order valence-corrected chi connectivity index (χ0v) is 10.9. The quantitative estimate of drug-likeness (QED) is 0.827. The molecule has 1 amide bonds. The van der Waals surface area contributed by atoms with Crippen LogP contribution < -0.4 is 10.6 Å². The molecule has 5 nitrogen and oxygen atoms in total. The number of anilines is 1. The van der Waals surface area contributed by atoms with E-state index in [-0.39, 0.29) is 11.9 Å². The van der Waals surface area contributed by atoms with Gasteiger partial charge in [-0.2, -0.15) is 5.26 Å². The van der Waals surface area contributed by atoms with Crippen molar-refractivity contribution >= 4 is 11.7 Å². The van der Waals surface area contributed by atoms with Gasteiger partial charge in [-0.15, -0.1) is 0 Å². The molecular formula is C13H18N4O. The Bertz CT molecular complexity index is 463. The highest BCUT2D eigenvalue weighted by atomic mass is 16.1. The third-order valence-corrected chi connectivity index (χ3v) is 2.25. The van der Waals surface area contributed by atoms with Crippen molar-refractivity contribution in [3.05, 3.63) is 23.4 Å². The van der Waals surface area contributed by atoms with E-state index in [0.717, 1.165) is 5.69 Å². The van der Waals surface area contributed by atoms with Crippen LogP contribution in [0.15, 0.2) is 12.1 Å². The molecule has 96 valence electrons. The lowest BCUT2D eigenvalue weighted by Crippen LogP contribution is -2.31. The van der Waals surface area contributed by atoms with E-state index >= 15 is 0 Å². The van der Waals surface area contributed by atoms with Crippen molar-refractivity contribution in [2.24, 2.45) is 0 Å². The van der Waals surface area contributed by atoms with Crippen molar-refractivity contribution in [2.75, 3.05) is 11.9 Å². The van der Waals surface area contributed by atoms with Crippen molar-refractivity contribution in [3.8, 4) is 6.07 Å². The summed E-state index contributed by atoms with van der Waals surface area (Å²) in [6, 6.07) is 5.72. The molecule has 0 aliphatic carbocycles. The first-order valence-electron chi connectivity index (χ1n) is 5.94. The Morgan fingerprint density at radius 1 is 1.50 bits per heavy atom. The van der Waals surface area contributed by atoms with Gasteiger partial charge in [0.05, 0.1) is 5.56 Å². The van der Waals surface area contributed by atoms with Crippen molar-refractivity contribution in [1.29, 1.82) is 5.26 Å². The predicted octanol–water partition coefficient (Wildman–Crippen LogP) is 1.59. The zero-order valence-electron chi connectivity index (χ0n) is 10.9. The van der Waals surface area contributed by atoms with Crippen LogP contribution in [-0.4, -0.2) is 23.5 Å². The lowest BCUT2D eigenvalue weighted by atomic mass is 10.2. The summed E-state index contributed by atoms with van der Waals surface area (Å²) in [5.41, 5.74) is 1.33. The molecular weight excluding hydrogens is 228 g/mol. The van der Waals surface area contributed by atoms with Crippen LogP contribution in [0.3, 0.4) is 0 Å². The smallest absolute Gasteiger partial charge is 0.221 e. The molecule has 0 fully saturated rings. The van der Waals surface area contributed by atoms with Crippen LogP contribution in [0.2, 0.25) is 0 Å². The molecule has 0 aliphatic rings. The summed E-state index contributed by atoms with van der Waals surface area (Å²) in [6.45, 7) is 6.16. The Labute approximate surface area is 107 Å². The highest BCUT2D eigenvalue weighted by Crippen LogP contribution is 2.11. The number of amides is 1. The Morgan fingerprint density at radius 3 is 2.83 bits per heavy atom. The summed E-state index contributed by atoms with van der Waals surface area (Å²) in [5.74, 6) is 0.526. The number of carbonyl (C=O) groups is 1. The summed E-state index contributed by atoms with van der Waals surface area (Å²) >= 11 is 0. The Hall–Kier alpha value is -2.09. The van der Waals surface area contributed by atoms with Crippen LogP contribution >= 0.6 is 0 Å². The molecule has 1 aromatic heterocycles. The fraction of sp³-hybridized carbons (Fsp3) is 0.462. The number of hydrogen-bond donors (Lipinski definition) is 2. The minimum Gasteiger partial charge on any atom is -0.368 e. The third kappa shape index (κ3) is 4.42. The second-order valence-electron chi connectivity index (χ2n) is 4.36. The number of nitrogens with one attached hydrogen (secondary N) is 2. The Morgan fingerprint density at radius 2 is 2.22 bits per heavy atom. The van der Waals surface area contributed by atoms with Crippen LogP contribution in [0.4, 0.5) is 5.82 Å². The van der Waals surface area contributed by atoms with Gasteiger partial charge in [0.25, 0.3) is 0 Å². The number of aryl methyl sites for hydroxylation is 1. The molecule has 5 heteroatoms. The van der Waals surface area contributed by atoms with Crippen molar-refractivity contribution in [2.45, 2.75) is 33.2 Å². The first-order chi connectivity index (χ1) is 8.52. The summed E-state index contributed by atoms with van der Waals surface area (Å²) in [4.78, 5) is 15.7. The maximum Gasteiger partial charge on any atom is 0.221 e. The maximum absolute atomic E-state index is 11.4. The standard InChI is InChI=1S/C13H18N4O/c1-9(2)16-12(18)6-7-15-13-11(8-14)5-4-10(3)17-13/h4-5,9H,6-7H2,1-3H3,(H,15,17)(H,16,18). The Kier molecular flexibility index (Phi) is 5.12. The number of carbonyl (C=O) groups excluding carboxylic acids is 1. The van der Waals surface area contributed by atoms with Gasteiger partial charge in [-0.3, -0.25) is 4.79 Å². The number of aromatic nitrogens is 1. The lowest BCUT2D eigenvalue weighted by molar-refractivity contribution is -0.121. The molecule has 0 atom stereocenters. The van der Waals surface area contributed by atoms with Gasteiger partial charge < -0.3 is 10.6 Å². The van der Waals surface area contributed by atoms with Crippen LogP contribution in [0.25, 0.3) is 0 Å². The van der Waals surface area contributed by atoms with E-state index in [1.54, 1.807) is 12.1 Å². The summed E-state index contributed by atoms with van der Waals surface area (Å²) in [6.07, 6.45) is 0.360. The number of nitriles is 1. The SMILES string of the molecule is Cc1ccc(C#N)c(NCCC(=O)NC(C)C)n1. The fourth-order valence-electron chi connectivity index (χ4n) is 1.47. The minimum atomic E-state index is -0.0105. The molecule has 0 bridgehead atoms. The van der Waals surface area contributed by atoms with E-state index in [1.807, 2.05) is 20.8 Å². The summed E-state index contributed by atoms with van der Waals surface area (Å²) < 4.78 is 0. The topological polar surface area (TPSA) is 77.8 Å². The lowest BCUT2D eigenvalue weighted by Gasteiger charge is -2.10. The molecule has 0 aromatic carbocycles. The molecule has 0 aliphatic heterocycles. The molecule has 1 rings (SSSR count). The second-order valence-corrected chi connectivity index (χ2v) is 4.36. The van der Waals surface area contributed by atoms with E-state index in [9.17, 15) is 4.79 Å². The van der Waals surface area contributed by atoms with Crippen molar-refractivity contribution in [1.82, 2.24) is 10.3 Å². The van der Waals surface area contributed by atoms with Crippen LogP contribution in [-0.2, 0) is 4.79 Å². The van der Waals surface area contributed by atoms with Crippen LogP contribution in [0, 0.1) is 18.3 Å². The van der Waals surface area contributed by atoms with Gasteiger partial charge in [-0.25, -0.2) is 4.98 Å². The van der Waals surface area contributed by atoms with Gasteiger partial charge in [-0.1, -0.05) is 0 Å². The van der Waals surface area contributed by atoms with E-state index < -0.39 is 0 Å². The van der Waals surface area contributed by atoms with Gasteiger partial charge in [0, 0.05) is 24.7 Å². The molecule has 0 spiro atoms. The Balaban J connectivity index is 2.51. The first kappa shape index (κ1) is 14.0. The monoisotopic (exact) mass is 246 g/mol. The molecule has 1 heterocycles. The highest BCUT2D eigenvalue weighted by Gasteiger charge is 2.06. The van der Waals surface area contributed by atoms with Gasteiger partial charge in [0.2, 0.25) is 5.91 Å². The van der Waals surface area contributed by atoms with Crippen molar-refractivity contribution in [3.63, 3.8) is 0 Å². The second kappa shape index (κ2) is 6.60. The van der Waals surface area contributed by atoms with Crippen LogP contribution in [0.5, 0.6) is 0 Å². The van der Waals surface area contributed by atoms with Crippen molar-refractivity contribution < 1.29 is 4.79 Å². The third-order valence-electron chi connectivity index (χ3n) is 2.25. The van der Waals surface area contributed by atoms with Gasteiger partial charge in [0.15, 0.2) is 0 Å². The minimum absolute atomic E-state index is 0.0105. The van der Waals surface area contributed by atoms with Gasteiger partial charge in [0.1, 0.15) is 11.9 Å². The molecule has 2 N–H and O–H groups in total.